The van der Waals surface area contributed by atoms with Crippen molar-refractivity contribution in [2.45, 2.75) is 15.2 Å². The van der Waals surface area contributed by atoms with Crippen molar-refractivity contribution in [2.24, 2.45) is 0 Å². The van der Waals surface area contributed by atoms with Crippen molar-refractivity contribution in [3.63, 3.8) is 0 Å². The number of para-hydroxylation sites is 3. The van der Waals surface area contributed by atoms with Gasteiger partial charge in [-0.2, -0.15) is 5.26 Å². The number of benzene rings is 8. The minimum Gasteiger partial charge on any atom is -0.309 e. The van der Waals surface area contributed by atoms with Gasteiger partial charge in [-0.15, -0.1) is 0 Å². The Morgan fingerprint density at radius 2 is 1.00 bits per heavy atom. The van der Waals surface area contributed by atoms with Gasteiger partial charge in [-0.05, 0) is 119 Å². The maximum atomic E-state index is 9.79. The van der Waals surface area contributed by atoms with Crippen LogP contribution in [0.1, 0.15) is 27.8 Å². The summed E-state index contributed by atoms with van der Waals surface area (Å²) in [6.07, 6.45) is 3.87. The molecule has 0 saturated heterocycles. The first kappa shape index (κ1) is 38.0. The summed E-state index contributed by atoms with van der Waals surface area (Å²) in [6, 6.07) is 69.2. The molecule has 318 valence electrons. The molecule has 13 aromatic rings. The van der Waals surface area contributed by atoms with Gasteiger partial charge in [0.05, 0.1) is 80.0 Å². The summed E-state index contributed by atoms with van der Waals surface area (Å²) in [5.41, 5.74) is 16.6. The Bertz CT molecular complexity index is 4520. The van der Waals surface area contributed by atoms with E-state index in [0.717, 1.165) is 99.6 Å². The fraction of sp³-hybridized carbons (Fsp3) is 0.0164. The number of hydrogen-bond donors (Lipinski definition) is 0. The van der Waals surface area contributed by atoms with Crippen LogP contribution in [0.5, 0.6) is 0 Å². The van der Waals surface area contributed by atoms with Crippen molar-refractivity contribution in [3.05, 3.63) is 240 Å². The minimum absolute atomic E-state index is 0.618. The molecule has 1 aliphatic heterocycles. The minimum atomic E-state index is -0.709. The van der Waals surface area contributed by atoms with Crippen molar-refractivity contribution in [3.8, 4) is 34.5 Å². The Morgan fingerprint density at radius 1 is 0.449 bits per heavy atom. The normalized spacial score (nSPS) is 14.6. The molecule has 0 N–H and O–H groups in total. The molecule has 0 fully saturated rings. The molecule has 15 rings (SSSR count). The molecule has 1 spiro atoms. The summed E-state index contributed by atoms with van der Waals surface area (Å²) < 4.78 is 7.03. The van der Waals surface area contributed by atoms with Gasteiger partial charge in [-0.1, -0.05) is 103 Å². The maximum absolute atomic E-state index is 9.79. The molecular weight excluding hydrogens is 863 g/mol. The largest absolute Gasteiger partial charge is 0.309 e. The van der Waals surface area contributed by atoms with E-state index < -0.39 is 5.41 Å². The third-order valence-electron chi connectivity index (χ3n) is 14.6. The molecule has 2 aliphatic rings. The van der Waals surface area contributed by atoms with Crippen LogP contribution in [-0.2, 0) is 5.41 Å². The SMILES string of the molecule is [C-]#[N+]c1ccc2c(c1)c1ccccc1n2-c1cnc2c(c1)C1(c3ccccc3Sc3cc(-n4c5ccccc5c5cc(-n6c7ccccc7c7cc(C#N)ccc76)ccc54)ccc31)c1cccnc1-2. The second-order valence-electron chi connectivity index (χ2n) is 17.9. The number of rotatable bonds is 3. The maximum Gasteiger partial charge on any atom is 0.188 e. The molecule has 0 bridgehead atoms. The number of hydrogen-bond acceptors (Lipinski definition) is 4. The molecule has 0 saturated carbocycles. The molecule has 1 atom stereocenters. The fourth-order valence-corrected chi connectivity index (χ4v) is 13.1. The molecule has 8 heteroatoms. The van der Waals surface area contributed by atoms with Crippen molar-refractivity contribution in [1.82, 2.24) is 23.7 Å². The van der Waals surface area contributed by atoms with Crippen LogP contribution in [0.25, 0.3) is 98.7 Å². The van der Waals surface area contributed by atoms with Gasteiger partial charge >= 0.3 is 0 Å². The zero-order valence-electron chi connectivity index (χ0n) is 36.6. The van der Waals surface area contributed by atoms with Gasteiger partial charge in [0.25, 0.3) is 0 Å². The van der Waals surface area contributed by atoms with Gasteiger partial charge < -0.3 is 13.7 Å². The molecule has 69 heavy (non-hydrogen) atoms. The number of aromatic nitrogens is 5. The fourth-order valence-electron chi connectivity index (χ4n) is 11.9. The second-order valence-corrected chi connectivity index (χ2v) is 19.0. The van der Waals surface area contributed by atoms with Gasteiger partial charge in [0.15, 0.2) is 5.69 Å². The average molecular weight is 896 g/mol. The van der Waals surface area contributed by atoms with Crippen LogP contribution in [0.2, 0.25) is 0 Å². The first-order valence-corrected chi connectivity index (χ1v) is 23.7. The highest BCUT2D eigenvalue weighted by molar-refractivity contribution is 7.99. The molecule has 5 aromatic heterocycles. The summed E-state index contributed by atoms with van der Waals surface area (Å²) in [4.78, 5) is 16.6. The summed E-state index contributed by atoms with van der Waals surface area (Å²) in [5, 5.41) is 16.4. The molecule has 1 unspecified atom stereocenters. The third-order valence-corrected chi connectivity index (χ3v) is 15.7. The molecule has 8 aromatic carbocycles. The van der Waals surface area contributed by atoms with Gasteiger partial charge in [0.2, 0.25) is 0 Å². The van der Waals surface area contributed by atoms with E-state index in [1.54, 1.807) is 0 Å². The molecule has 0 amide bonds. The lowest BCUT2D eigenvalue weighted by molar-refractivity contribution is 0.718. The van der Waals surface area contributed by atoms with Gasteiger partial charge in [0.1, 0.15) is 0 Å². The van der Waals surface area contributed by atoms with Crippen LogP contribution >= 0.6 is 11.8 Å². The van der Waals surface area contributed by atoms with E-state index in [-0.39, 0.29) is 0 Å². The summed E-state index contributed by atoms with van der Waals surface area (Å²) in [7, 11) is 0. The summed E-state index contributed by atoms with van der Waals surface area (Å²) in [5.74, 6) is 0. The van der Waals surface area contributed by atoms with Crippen LogP contribution < -0.4 is 0 Å². The highest BCUT2D eigenvalue weighted by atomic mass is 32.2. The van der Waals surface area contributed by atoms with Gasteiger partial charge in [-0.3, -0.25) is 9.97 Å². The topological polar surface area (TPSA) is 68.7 Å². The average Bonchev–Trinajstić information content (AvgIpc) is 4.12. The van der Waals surface area contributed by atoms with Crippen LogP contribution in [0.3, 0.4) is 0 Å². The second kappa shape index (κ2) is 13.9. The monoisotopic (exact) mass is 895 g/mol. The number of nitriles is 1. The van der Waals surface area contributed by atoms with Gasteiger partial charge in [0, 0.05) is 59.9 Å². The third kappa shape index (κ3) is 5.00. The number of nitrogens with zero attached hydrogens (tertiary/aromatic N) is 7. The predicted octanol–water partition coefficient (Wildman–Crippen LogP) is 15.0. The smallest absolute Gasteiger partial charge is 0.188 e. The van der Waals surface area contributed by atoms with Crippen LogP contribution in [0.4, 0.5) is 5.69 Å². The zero-order chi connectivity index (χ0) is 45.5. The lowest BCUT2D eigenvalue weighted by atomic mass is 9.67. The van der Waals surface area contributed by atoms with E-state index in [9.17, 15) is 5.26 Å². The van der Waals surface area contributed by atoms with Gasteiger partial charge in [-0.25, -0.2) is 4.85 Å². The Morgan fingerprint density at radius 3 is 1.72 bits per heavy atom. The van der Waals surface area contributed by atoms with E-state index in [0.29, 0.717) is 11.3 Å². The Kier molecular flexibility index (Phi) is 7.65. The molecule has 6 heterocycles. The van der Waals surface area contributed by atoms with Crippen LogP contribution in [0.15, 0.2) is 210 Å². The van der Waals surface area contributed by atoms with E-state index in [1.165, 1.54) is 26.3 Å². The lowest BCUT2D eigenvalue weighted by Crippen LogP contribution is -2.32. The summed E-state index contributed by atoms with van der Waals surface area (Å²) >= 11 is 1.82. The Hall–Kier alpha value is -9.21. The molecule has 0 radical (unpaired) electrons. The number of pyridine rings is 2. The van der Waals surface area contributed by atoms with Crippen LogP contribution in [0, 0.1) is 17.9 Å². The Balaban J connectivity index is 0.950. The predicted molar refractivity (Wildman–Crippen MR) is 277 cm³/mol. The first-order valence-electron chi connectivity index (χ1n) is 22.9. The highest BCUT2D eigenvalue weighted by Gasteiger charge is 2.52. The van der Waals surface area contributed by atoms with Crippen molar-refractivity contribution in [2.75, 3.05) is 0 Å². The quantitative estimate of drug-likeness (QED) is 0.166. The van der Waals surface area contributed by atoms with E-state index in [1.807, 2.05) is 48.4 Å². The van der Waals surface area contributed by atoms with E-state index in [2.05, 4.69) is 188 Å². The van der Waals surface area contributed by atoms with Crippen molar-refractivity contribution < 1.29 is 0 Å². The molecular formula is C61H33N7S. The molecule has 7 nitrogen and oxygen atoms in total. The summed E-state index contributed by atoms with van der Waals surface area (Å²) in [6.45, 7) is 7.78. The highest BCUT2D eigenvalue weighted by Crippen LogP contribution is 2.62. The van der Waals surface area contributed by atoms with E-state index in [4.69, 9.17) is 16.5 Å². The van der Waals surface area contributed by atoms with Crippen molar-refractivity contribution >= 4 is 82.9 Å². The van der Waals surface area contributed by atoms with Crippen LogP contribution in [-0.4, -0.2) is 23.7 Å². The first-order chi connectivity index (χ1) is 34.1. The Labute approximate surface area is 399 Å². The van der Waals surface area contributed by atoms with Crippen molar-refractivity contribution in [1.29, 1.82) is 5.26 Å². The van der Waals surface area contributed by atoms with E-state index >= 15 is 0 Å². The standard InChI is InChI=1S/C61H33N7S/c1-63-37-21-26-55-45(30-37)42-12-3-8-18-53(42)68(55)40-32-50-60(65-35-40)59-49(15-10-28-64-59)61(50)47-14-5-9-19-57(47)69-58-33-39(22-24-48(58)61)67-52-17-7-4-13-43(52)46-31-38(23-27-56(46)67)66-51-16-6-2-11-41(51)44-29-36(34-62)20-25-54(44)66/h2-33,35H. The molecule has 1 aliphatic carbocycles. The lowest BCUT2D eigenvalue weighted by Gasteiger charge is -2.39. The number of fused-ring (bicyclic) bond motifs is 18. The zero-order valence-corrected chi connectivity index (χ0v) is 37.4.